The minimum Gasteiger partial charge on any atom is -0.490 e. The van der Waals surface area contributed by atoms with Gasteiger partial charge < -0.3 is 78.1 Å². The van der Waals surface area contributed by atoms with E-state index in [4.69, 9.17) is 56.8 Å². The number of rotatable bonds is 35. The fraction of sp³-hybridized carbons (Fsp3) is 0.382. The van der Waals surface area contributed by atoms with Crippen molar-refractivity contribution in [1.29, 1.82) is 0 Å². The minimum absolute atomic E-state index is 0.0000781. The normalized spacial score (nSPS) is 10.3. The molecule has 24 heteroatoms. The Morgan fingerprint density at radius 3 is 0.949 bits per heavy atom. The molecule has 4 amide bonds. The molecule has 4 N–H and O–H groups in total. The molecule has 3 rings (SSSR count). The molecule has 0 aliphatic carbocycles. The van der Waals surface area contributed by atoms with E-state index in [2.05, 4.69) is 47.6 Å². The molecule has 0 unspecified atom stereocenters. The summed E-state index contributed by atoms with van der Waals surface area (Å²) in [6.45, 7) is 18.3. The second kappa shape index (κ2) is 35.9. The van der Waals surface area contributed by atoms with Crippen LogP contribution < -0.4 is 40.2 Å². The van der Waals surface area contributed by atoms with Crippen molar-refractivity contribution in [3.8, 4) is 23.0 Å². The van der Waals surface area contributed by atoms with Gasteiger partial charge in [0.15, 0.2) is 0 Å². The van der Waals surface area contributed by atoms with Crippen LogP contribution in [0.4, 0.5) is 19.2 Å². The lowest BCUT2D eigenvalue weighted by Crippen LogP contribution is -2.30. The van der Waals surface area contributed by atoms with Crippen LogP contribution >= 0.6 is 0 Å². The van der Waals surface area contributed by atoms with Crippen LogP contribution in [0.5, 0.6) is 23.0 Å². The van der Waals surface area contributed by atoms with E-state index in [1.807, 2.05) is 30.3 Å². The Bertz CT molecular complexity index is 2430. The van der Waals surface area contributed by atoms with Crippen LogP contribution in [0.15, 0.2) is 115 Å². The summed E-state index contributed by atoms with van der Waals surface area (Å²) >= 11 is 0. The molecule has 0 saturated carbocycles. The van der Waals surface area contributed by atoms with Gasteiger partial charge in [-0.1, -0.05) is 68.8 Å². The standard InChI is InChI=1S/C55H68N4O20/c1-36(2)48(60)72-22-18-56-52(64)76-30-26-68-41-14-16-43(45(34-41)70-28-32-78-54(66)58-20-24-74-50(62)38(5)6)47(40-12-10-9-11-13-40)44-17-15-42(69-27-31-77-53(65)57-19-23-73-49(61)37(3)4)35-46(44)71-29-33-79-55(67)59-21-25-75-51(63)39(7)8/h9-17,34-35,47H,1,3,5,7,18-33H2,2,4,6,8H3,(H,56,64)(H,57,65)(H,58,66)(H,59,67). The van der Waals surface area contributed by atoms with Crippen molar-refractivity contribution in [2.75, 3.05) is 105 Å². The molecule has 24 nitrogen and oxygen atoms in total. The number of hydrogen-bond donors (Lipinski definition) is 4. The van der Waals surface area contributed by atoms with Gasteiger partial charge in [-0.25, -0.2) is 38.4 Å². The average molecular weight is 1110 g/mol. The Balaban J connectivity index is 1.90. The van der Waals surface area contributed by atoms with Gasteiger partial charge in [0.2, 0.25) is 0 Å². The van der Waals surface area contributed by atoms with Crippen LogP contribution in [-0.2, 0) is 57.1 Å². The van der Waals surface area contributed by atoms with Crippen molar-refractivity contribution in [3.63, 3.8) is 0 Å². The summed E-state index contributed by atoms with van der Waals surface area (Å²) < 4.78 is 65.6. The Labute approximate surface area is 457 Å². The molecule has 0 saturated heterocycles. The zero-order chi connectivity index (χ0) is 58.0. The number of carbonyl (C=O) groups excluding carboxylic acids is 8. The number of nitrogens with one attached hydrogen (secondary N) is 4. The predicted molar refractivity (Wildman–Crippen MR) is 283 cm³/mol. The maximum atomic E-state index is 12.5. The van der Waals surface area contributed by atoms with Gasteiger partial charge in [-0.3, -0.25) is 0 Å². The van der Waals surface area contributed by atoms with E-state index in [0.717, 1.165) is 5.56 Å². The fourth-order valence-corrected chi connectivity index (χ4v) is 6.15. The van der Waals surface area contributed by atoms with E-state index in [1.165, 1.54) is 27.7 Å². The smallest absolute Gasteiger partial charge is 0.407 e. The van der Waals surface area contributed by atoms with E-state index in [0.29, 0.717) is 22.6 Å². The molecule has 3 aromatic rings. The highest BCUT2D eigenvalue weighted by Crippen LogP contribution is 2.43. The highest BCUT2D eigenvalue weighted by Gasteiger charge is 2.26. The van der Waals surface area contributed by atoms with Gasteiger partial charge in [-0.05, 0) is 45.4 Å². The molecule has 0 fully saturated rings. The number of ether oxygens (including phenoxy) is 12. The first kappa shape index (κ1) is 64.1. The van der Waals surface area contributed by atoms with Crippen molar-refractivity contribution >= 4 is 48.3 Å². The molecule has 0 aliphatic rings. The lowest BCUT2D eigenvalue weighted by Gasteiger charge is -2.25. The third kappa shape index (κ3) is 25.9. The topological polar surface area (TPSA) is 295 Å². The van der Waals surface area contributed by atoms with Crippen LogP contribution in [0, 0.1) is 0 Å². The first-order valence-corrected chi connectivity index (χ1v) is 24.6. The molecule has 0 bridgehead atoms. The Kier molecular flexibility index (Phi) is 29.1. The van der Waals surface area contributed by atoms with E-state index >= 15 is 0 Å². The molecule has 0 aliphatic heterocycles. The van der Waals surface area contributed by atoms with Crippen molar-refractivity contribution in [3.05, 3.63) is 132 Å². The fourth-order valence-electron chi connectivity index (χ4n) is 6.15. The minimum atomic E-state index is -0.797. The molecular formula is C55H68N4O20. The second-order valence-corrected chi connectivity index (χ2v) is 16.6. The number of esters is 4. The third-order valence-corrected chi connectivity index (χ3v) is 9.86. The number of hydrogen-bond acceptors (Lipinski definition) is 20. The van der Waals surface area contributed by atoms with Gasteiger partial charge in [0.25, 0.3) is 0 Å². The van der Waals surface area contributed by atoms with E-state index in [1.54, 1.807) is 36.4 Å². The molecule has 0 heterocycles. The lowest BCUT2D eigenvalue weighted by atomic mass is 9.84. The Hall–Kier alpha value is -9.22. The first-order chi connectivity index (χ1) is 37.9. The Morgan fingerprint density at radius 2 is 0.658 bits per heavy atom. The first-order valence-electron chi connectivity index (χ1n) is 24.6. The highest BCUT2D eigenvalue weighted by molar-refractivity contribution is 5.88. The summed E-state index contributed by atoms with van der Waals surface area (Å²) in [5.74, 6) is -1.92. The van der Waals surface area contributed by atoms with E-state index in [-0.39, 0.29) is 139 Å². The largest absolute Gasteiger partial charge is 0.490 e. The summed E-state index contributed by atoms with van der Waals surface area (Å²) in [5, 5.41) is 9.91. The van der Waals surface area contributed by atoms with E-state index < -0.39 is 54.2 Å². The number of benzene rings is 3. The zero-order valence-electron chi connectivity index (χ0n) is 44.7. The highest BCUT2D eigenvalue weighted by atomic mass is 16.6. The van der Waals surface area contributed by atoms with Crippen molar-refractivity contribution in [2.45, 2.75) is 33.6 Å². The molecule has 428 valence electrons. The summed E-state index contributed by atoms with van der Waals surface area (Å²) in [6.07, 6.45) is -3.13. The second-order valence-electron chi connectivity index (χ2n) is 16.6. The molecule has 0 spiro atoms. The maximum absolute atomic E-state index is 12.5. The van der Waals surface area contributed by atoms with E-state index in [9.17, 15) is 38.4 Å². The Morgan fingerprint density at radius 1 is 0.367 bits per heavy atom. The summed E-state index contributed by atoms with van der Waals surface area (Å²) in [5.41, 5.74) is 2.74. The van der Waals surface area contributed by atoms with Crippen molar-refractivity contribution in [1.82, 2.24) is 21.3 Å². The monoisotopic (exact) mass is 1100 g/mol. The molecule has 0 radical (unpaired) electrons. The van der Waals surface area contributed by atoms with Crippen molar-refractivity contribution < 1.29 is 95.2 Å². The van der Waals surface area contributed by atoms with Gasteiger partial charge in [0.05, 0.1) is 26.2 Å². The quantitative estimate of drug-likeness (QED) is 0.0179. The van der Waals surface area contributed by atoms with Crippen LogP contribution in [0.2, 0.25) is 0 Å². The van der Waals surface area contributed by atoms with Gasteiger partial charge in [-0.2, -0.15) is 0 Å². The van der Waals surface area contributed by atoms with Gasteiger partial charge in [-0.15, -0.1) is 0 Å². The third-order valence-electron chi connectivity index (χ3n) is 9.86. The van der Waals surface area contributed by atoms with Crippen molar-refractivity contribution in [2.24, 2.45) is 0 Å². The van der Waals surface area contributed by atoms with Crippen LogP contribution in [0.1, 0.15) is 50.3 Å². The number of carbonyl (C=O) groups is 8. The van der Waals surface area contributed by atoms with Gasteiger partial charge >= 0.3 is 48.3 Å². The lowest BCUT2D eigenvalue weighted by molar-refractivity contribution is -0.139. The predicted octanol–water partition coefficient (Wildman–Crippen LogP) is 5.76. The van der Waals surface area contributed by atoms with Gasteiger partial charge in [0, 0.05) is 51.5 Å². The number of amides is 4. The van der Waals surface area contributed by atoms with Gasteiger partial charge in [0.1, 0.15) is 102 Å². The molecule has 3 aromatic carbocycles. The summed E-state index contributed by atoms with van der Waals surface area (Å²) in [6, 6.07) is 19.3. The zero-order valence-corrected chi connectivity index (χ0v) is 44.7. The molecule has 0 aromatic heterocycles. The molecule has 0 atom stereocenters. The SMILES string of the molecule is C=C(C)C(=O)OCCNC(=O)OCCOc1ccc(C(c2ccccc2)c2ccc(OCCOC(=O)NCCOC(=O)C(=C)C)cc2OCCOC(=O)NCCOC(=O)C(=C)C)c(OCCOC(=O)NCCOC(=O)C(=C)C)c1. The van der Waals surface area contributed by atoms with Crippen LogP contribution in [-0.4, -0.2) is 154 Å². The van der Waals surface area contributed by atoms with Crippen LogP contribution in [0.3, 0.4) is 0 Å². The average Bonchev–Trinajstić information content (AvgIpc) is 3.42. The molecular weight excluding hydrogens is 1040 g/mol. The maximum Gasteiger partial charge on any atom is 0.407 e. The molecule has 79 heavy (non-hydrogen) atoms. The summed E-state index contributed by atoms with van der Waals surface area (Å²) in [7, 11) is 0. The summed E-state index contributed by atoms with van der Waals surface area (Å²) in [4.78, 5) is 96.2. The number of alkyl carbamates (subject to hydrolysis) is 4. The van der Waals surface area contributed by atoms with Crippen LogP contribution in [0.25, 0.3) is 0 Å².